The van der Waals surface area contributed by atoms with Gasteiger partial charge >= 0.3 is 27.3 Å². The average Bonchev–Trinajstić information content (AvgIpc) is 1.30. The fourth-order valence-electron chi connectivity index (χ4n) is 0.250. The number of hydrogen-bond acceptors (Lipinski definition) is 3. The van der Waals surface area contributed by atoms with Crippen molar-refractivity contribution < 1.29 is 13.0 Å². The SMILES string of the molecule is CCCS(=O)(=O)[O-].[Tl+]. The molecule has 5 heteroatoms. The maximum atomic E-state index is 9.68. The first kappa shape index (κ1) is 11.6. The minimum absolute atomic E-state index is 0. The van der Waals surface area contributed by atoms with Crippen molar-refractivity contribution in [1.82, 2.24) is 0 Å². The average molecular weight is 328 g/mol. The molecule has 0 fully saturated rings. The Kier molecular flexibility index (Phi) is 6.80. The second-order valence-electron chi connectivity index (χ2n) is 1.26. The zero-order valence-electron chi connectivity index (χ0n) is 4.62. The van der Waals surface area contributed by atoms with Crippen LogP contribution in [0.4, 0.5) is 0 Å². The summed E-state index contributed by atoms with van der Waals surface area (Å²) in [5.74, 6) is -0.243. The molecule has 0 saturated carbocycles. The molecule has 0 heterocycles. The molecule has 0 aromatic rings. The second kappa shape index (κ2) is 4.69. The molecule has 0 amide bonds. The zero-order chi connectivity index (χ0) is 5.91. The molecule has 0 aromatic carbocycles. The summed E-state index contributed by atoms with van der Waals surface area (Å²) in [6.45, 7) is 1.65. The molecular formula is C3H7O3STl. The van der Waals surface area contributed by atoms with Crippen LogP contribution in [0.1, 0.15) is 13.3 Å². The van der Waals surface area contributed by atoms with E-state index in [1.54, 1.807) is 6.92 Å². The van der Waals surface area contributed by atoms with Gasteiger partial charge in [-0.3, -0.25) is 0 Å². The van der Waals surface area contributed by atoms with Crippen molar-refractivity contribution in [2.24, 2.45) is 0 Å². The minimum Gasteiger partial charge on any atom is -0.748 e. The largest absolute Gasteiger partial charge is 1.00 e. The van der Waals surface area contributed by atoms with Gasteiger partial charge in [0.1, 0.15) is 0 Å². The van der Waals surface area contributed by atoms with Crippen molar-refractivity contribution in [2.75, 3.05) is 5.75 Å². The minimum atomic E-state index is -3.92. The van der Waals surface area contributed by atoms with Gasteiger partial charge in [-0.05, 0) is 6.42 Å². The van der Waals surface area contributed by atoms with Crippen molar-refractivity contribution in [1.29, 1.82) is 0 Å². The Labute approximate surface area is 69.4 Å². The van der Waals surface area contributed by atoms with Crippen molar-refractivity contribution in [3.63, 3.8) is 0 Å². The maximum Gasteiger partial charge on any atom is 1.00 e. The van der Waals surface area contributed by atoms with Crippen molar-refractivity contribution >= 4 is 37.4 Å². The van der Waals surface area contributed by atoms with Crippen LogP contribution >= 0.6 is 0 Å². The van der Waals surface area contributed by atoms with Crippen LogP contribution in [0.5, 0.6) is 0 Å². The summed E-state index contributed by atoms with van der Waals surface area (Å²) in [5, 5.41) is 0. The summed E-state index contributed by atoms with van der Waals surface area (Å²) in [5.41, 5.74) is 0. The van der Waals surface area contributed by atoms with E-state index in [4.69, 9.17) is 0 Å². The molecule has 0 atom stereocenters. The maximum absolute atomic E-state index is 9.68. The second-order valence-corrected chi connectivity index (χ2v) is 2.79. The van der Waals surface area contributed by atoms with Gasteiger partial charge in [0.05, 0.1) is 10.1 Å². The molecule has 0 saturated heterocycles. The van der Waals surface area contributed by atoms with Crippen LogP contribution in [0.3, 0.4) is 0 Å². The van der Waals surface area contributed by atoms with Crippen LogP contribution in [0.2, 0.25) is 0 Å². The van der Waals surface area contributed by atoms with E-state index >= 15 is 0 Å². The summed E-state index contributed by atoms with van der Waals surface area (Å²) in [6.07, 6.45) is 0.409. The van der Waals surface area contributed by atoms with Crippen LogP contribution in [0, 0.1) is 0 Å². The fraction of sp³-hybridized carbons (Fsp3) is 1.00. The number of hydrogen-bond donors (Lipinski definition) is 0. The van der Waals surface area contributed by atoms with E-state index < -0.39 is 10.1 Å². The third-order valence-electron chi connectivity index (χ3n) is 0.454. The van der Waals surface area contributed by atoms with Gasteiger partial charge in [-0.2, -0.15) is 0 Å². The molecule has 0 unspecified atom stereocenters. The van der Waals surface area contributed by atoms with Crippen molar-refractivity contribution in [2.45, 2.75) is 13.3 Å². The van der Waals surface area contributed by atoms with E-state index in [1.807, 2.05) is 0 Å². The Morgan fingerprint density at radius 3 is 1.88 bits per heavy atom. The molecular weight excluding hydrogens is 320 g/mol. The van der Waals surface area contributed by atoms with Gasteiger partial charge in [-0.1, -0.05) is 6.92 Å². The van der Waals surface area contributed by atoms with Crippen LogP contribution in [0.15, 0.2) is 0 Å². The zero-order valence-corrected chi connectivity index (χ0v) is 9.93. The van der Waals surface area contributed by atoms with Gasteiger partial charge in [-0.15, -0.1) is 0 Å². The standard InChI is InChI=1S/C3H8O3S.Tl/c1-2-3-7(4,5)6;/h2-3H2,1H3,(H,4,5,6);/q;+1/p-1. The molecule has 0 aromatic heterocycles. The van der Waals surface area contributed by atoms with Gasteiger partial charge in [0.15, 0.2) is 0 Å². The Bertz CT molecular complexity index is 127. The first-order valence-corrected chi connectivity index (χ1v) is 3.57. The quantitative estimate of drug-likeness (QED) is 0.510. The summed E-state index contributed by atoms with van der Waals surface area (Å²) in [7, 11) is -3.92. The predicted molar refractivity (Wildman–Crippen MR) is 30.6 cm³/mol. The van der Waals surface area contributed by atoms with E-state index in [-0.39, 0.29) is 33.1 Å². The van der Waals surface area contributed by atoms with Crippen LogP contribution in [-0.2, 0) is 10.1 Å². The van der Waals surface area contributed by atoms with Gasteiger partial charge in [0.25, 0.3) is 0 Å². The van der Waals surface area contributed by atoms with Gasteiger partial charge < -0.3 is 4.55 Å². The summed E-state index contributed by atoms with van der Waals surface area (Å²) in [4.78, 5) is 0. The summed E-state index contributed by atoms with van der Waals surface area (Å²) < 4.78 is 29.0. The molecule has 46 valence electrons. The Balaban J connectivity index is 0. The van der Waals surface area contributed by atoms with E-state index in [1.165, 1.54) is 0 Å². The molecule has 0 radical (unpaired) electrons. The molecule has 0 aliphatic heterocycles. The predicted octanol–water partition coefficient (Wildman–Crippen LogP) is -0.439. The molecule has 3 nitrogen and oxygen atoms in total. The normalized spacial score (nSPS) is 10.2. The number of rotatable bonds is 2. The van der Waals surface area contributed by atoms with Crippen LogP contribution < -0.4 is 0 Å². The van der Waals surface area contributed by atoms with Gasteiger partial charge in [0.2, 0.25) is 0 Å². The summed E-state index contributed by atoms with van der Waals surface area (Å²) >= 11 is 0. The molecule has 0 bridgehead atoms. The molecule has 0 aliphatic carbocycles. The van der Waals surface area contributed by atoms with Gasteiger partial charge in [-0.25, -0.2) is 8.42 Å². The van der Waals surface area contributed by atoms with E-state index in [2.05, 4.69) is 0 Å². The van der Waals surface area contributed by atoms with Gasteiger partial charge in [0, 0.05) is 5.75 Å². The monoisotopic (exact) mass is 328 g/mol. The topological polar surface area (TPSA) is 57.2 Å². The Morgan fingerprint density at radius 2 is 1.88 bits per heavy atom. The first-order valence-electron chi connectivity index (χ1n) is 2.00. The Hall–Kier alpha value is 0.832. The molecule has 8 heavy (non-hydrogen) atoms. The smallest absolute Gasteiger partial charge is 0.748 e. The Morgan fingerprint density at radius 1 is 1.50 bits per heavy atom. The molecule has 0 spiro atoms. The third kappa shape index (κ3) is 9.95. The van der Waals surface area contributed by atoms with Crippen molar-refractivity contribution in [3.05, 3.63) is 0 Å². The molecule has 0 N–H and O–H groups in total. The van der Waals surface area contributed by atoms with Crippen LogP contribution in [0.25, 0.3) is 0 Å². The van der Waals surface area contributed by atoms with E-state index in [0.29, 0.717) is 6.42 Å². The van der Waals surface area contributed by atoms with E-state index in [9.17, 15) is 13.0 Å². The fourth-order valence-corrected chi connectivity index (χ4v) is 0.750. The molecule has 0 rings (SSSR count). The first-order chi connectivity index (χ1) is 3.06. The summed E-state index contributed by atoms with van der Waals surface area (Å²) in [6, 6.07) is 0. The van der Waals surface area contributed by atoms with Crippen molar-refractivity contribution in [3.8, 4) is 0 Å². The van der Waals surface area contributed by atoms with Crippen LogP contribution in [-0.4, -0.2) is 46.0 Å². The third-order valence-corrected chi connectivity index (χ3v) is 1.36. The van der Waals surface area contributed by atoms with E-state index in [0.717, 1.165) is 0 Å². The molecule has 0 aliphatic rings.